The van der Waals surface area contributed by atoms with Crippen molar-refractivity contribution < 1.29 is 5.11 Å². The van der Waals surface area contributed by atoms with E-state index in [0.717, 1.165) is 23.1 Å². The SMILES string of the molecule is C=Cc1cc(C)c(O)cc1CC. The molecule has 1 aromatic rings. The first-order chi connectivity index (χ1) is 5.69. The molecule has 0 spiro atoms. The van der Waals surface area contributed by atoms with E-state index in [4.69, 9.17) is 0 Å². The maximum absolute atomic E-state index is 9.42. The van der Waals surface area contributed by atoms with Crippen LogP contribution in [0.2, 0.25) is 0 Å². The van der Waals surface area contributed by atoms with Gasteiger partial charge >= 0.3 is 0 Å². The lowest BCUT2D eigenvalue weighted by atomic mass is 10.0. The zero-order chi connectivity index (χ0) is 9.14. The number of aromatic hydroxyl groups is 1. The Kier molecular flexibility index (Phi) is 2.54. The molecule has 0 amide bonds. The summed E-state index contributed by atoms with van der Waals surface area (Å²) in [6.07, 6.45) is 2.75. The molecule has 0 heterocycles. The molecule has 0 atom stereocenters. The standard InChI is InChI=1S/C11H14O/c1-4-9-6-8(3)11(12)7-10(9)5-2/h4,6-7,12H,1,5H2,2-3H3. The molecule has 1 aromatic carbocycles. The molecule has 0 saturated heterocycles. The van der Waals surface area contributed by atoms with Gasteiger partial charge in [0.1, 0.15) is 5.75 Å². The van der Waals surface area contributed by atoms with Gasteiger partial charge in [-0.25, -0.2) is 0 Å². The van der Waals surface area contributed by atoms with Crippen LogP contribution in [0.4, 0.5) is 0 Å². The molecule has 64 valence electrons. The molecule has 0 saturated carbocycles. The van der Waals surface area contributed by atoms with Crippen LogP contribution in [0, 0.1) is 6.92 Å². The number of rotatable bonds is 2. The fraction of sp³-hybridized carbons (Fsp3) is 0.273. The summed E-state index contributed by atoms with van der Waals surface area (Å²) in [5.74, 6) is 0.373. The van der Waals surface area contributed by atoms with Crippen molar-refractivity contribution in [2.24, 2.45) is 0 Å². The zero-order valence-electron chi connectivity index (χ0n) is 7.59. The quantitative estimate of drug-likeness (QED) is 0.709. The molecule has 0 fully saturated rings. The summed E-state index contributed by atoms with van der Waals surface area (Å²) in [7, 11) is 0. The van der Waals surface area contributed by atoms with Crippen LogP contribution in [0.5, 0.6) is 5.75 Å². The fourth-order valence-electron chi connectivity index (χ4n) is 1.26. The van der Waals surface area contributed by atoms with Crippen molar-refractivity contribution >= 4 is 6.08 Å². The Labute approximate surface area is 73.4 Å². The maximum atomic E-state index is 9.42. The van der Waals surface area contributed by atoms with Crippen molar-refractivity contribution in [3.63, 3.8) is 0 Å². The van der Waals surface area contributed by atoms with Gasteiger partial charge in [0.2, 0.25) is 0 Å². The van der Waals surface area contributed by atoms with Crippen molar-refractivity contribution in [3.8, 4) is 5.75 Å². The molecule has 1 nitrogen and oxygen atoms in total. The van der Waals surface area contributed by atoms with Crippen LogP contribution < -0.4 is 0 Å². The van der Waals surface area contributed by atoms with Crippen molar-refractivity contribution in [1.82, 2.24) is 0 Å². The Balaban J connectivity index is 3.28. The highest BCUT2D eigenvalue weighted by atomic mass is 16.3. The molecule has 1 N–H and O–H groups in total. The molecule has 0 bridgehead atoms. The Bertz CT molecular complexity index is 300. The molecule has 0 aliphatic heterocycles. The third-order valence-corrected chi connectivity index (χ3v) is 2.06. The second kappa shape index (κ2) is 3.44. The lowest BCUT2D eigenvalue weighted by Gasteiger charge is -2.06. The third kappa shape index (κ3) is 1.50. The smallest absolute Gasteiger partial charge is 0.118 e. The van der Waals surface area contributed by atoms with Gasteiger partial charge in [-0.3, -0.25) is 0 Å². The average molecular weight is 162 g/mol. The molecule has 1 heteroatoms. The number of phenols is 1. The predicted molar refractivity (Wildman–Crippen MR) is 52.3 cm³/mol. The third-order valence-electron chi connectivity index (χ3n) is 2.06. The van der Waals surface area contributed by atoms with Gasteiger partial charge in [0.15, 0.2) is 0 Å². The van der Waals surface area contributed by atoms with Crippen molar-refractivity contribution in [1.29, 1.82) is 0 Å². The largest absolute Gasteiger partial charge is 0.508 e. The van der Waals surface area contributed by atoms with Gasteiger partial charge in [-0.15, -0.1) is 0 Å². The number of hydrogen-bond donors (Lipinski definition) is 1. The molecule has 0 radical (unpaired) electrons. The Morgan fingerprint density at radius 3 is 2.67 bits per heavy atom. The second-order valence-corrected chi connectivity index (χ2v) is 2.90. The van der Waals surface area contributed by atoms with Crippen LogP contribution in [0.15, 0.2) is 18.7 Å². The Morgan fingerprint density at radius 2 is 2.17 bits per heavy atom. The lowest BCUT2D eigenvalue weighted by Crippen LogP contribution is -1.87. The van der Waals surface area contributed by atoms with Gasteiger partial charge in [0, 0.05) is 0 Å². The summed E-state index contributed by atoms with van der Waals surface area (Å²) >= 11 is 0. The number of phenolic OH excluding ortho intramolecular Hbond substituents is 1. The Hall–Kier alpha value is -1.24. The lowest BCUT2D eigenvalue weighted by molar-refractivity contribution is 0.470. The first-order valence-corrected chi connectivity index (χ1v) is 4.14. The molecule has 0 aromatic heterocycles. The maximum Gasteiger partial charge on any atom is 0.118 e. The van der Waals surface area contributed by atoms with Crippen molar-refractivity contribution in [2.45, 2.75) is 20.3 Å². The molecule has 0 unspecified atom stereocenters. The molecule has 0 aliphatic rings. The molecule has 12 heavy (non-hydrogen) atoms. The first-order valence-electron chi connectivity index (χ1n) is 4.14. The van der Waals surface area contributed by atoms with Gasteiger partial charge in [0.25, 0.3) is 0 Å². The number of hydrogen-bond acceptors (Lipinski definition) is 1. The van der Waals surface area contributed by atoms with Crippen LogP contribution in [0.3, 0.4) is 0 Å². The molecular formula is C11H14O. The highest BCUT2D eigenvalue weighted by molar-refractivity contribution is 5.56. The Morgan fingerprint density at radius 1 is 1.50 bits per heavy atom. The average Bonchev–Trinajstić information content (AvgIpc) is 2.09. The van der Waals surface area contributed by atoms with Crippen LogP contribution in [0.25, 0.3) is 6.08 Å². The predicted octanol–water partition coefficient (Wildman–Crippen LogP) is 2.91. The highest BCUT2D eigenvalue weighted by Crippen LogP contribution is 2.22. The zero-order valence-corrected chi connectivity index (χ0v) is 7.59. The minimum Gasteiger partial charge on any atom is -0.508 e. The normalized spacial score (nSPS) is 9.83. The summed E-state index contributed by atoms with van der Waals surface area (Å²) in [6.45, 7) is 7.69. The van der Waals surface area contributed by atoms with Crippen molar-refractivity contribution in [3.05, 3.63) is 35.4 Å². The van der Waals surface area contributed by atoms with Gasteiger partial charge in [0.05, 0.1) is 0 Å². The van der Waals surface area contributed by atoms with Crippen LogP contribution in [-0.4, -0.2) is 5.11 Å². The van der Waals surface area contributed by atoms with E-state index in [9.17, 15) is 5.11 Å². The van der Waals surface area contributed by atoms with Gasteiger partial charge in [-0.05, 0) is 42.2 Å². The summed E-state index contributed by atoms with van der Waals surface area (Å²) in [5.41, 5.74) is 3.17. The molecule has 0 aliphatic carbocycles. The monoisotopic (exact) mass is 162 g/mol. The first kappa shape index (κ1) is 8.85. The van der Waals surface area contributed by atoms with E-state index >= 15 is 0 Å². The summed E-state index contributed by atoms with van der Waals surface area (Å²) in [5, 5.41) is 9.42. The summed E-state index contributed by atoms with van der Waals surface area (Å²) < 4.78 is 0. The fourth-order valence-corrected chi connectivity index (χ4v) is 1.26. The molecule has 1 rings (SSSR count). The number of benzene rings is 1. The van der Waals surface area contributed by atoms with Gasteiger partial charge in [-0.2, -0.15) is 0 Å². The van der Waals surface area contributed by atoms with E-state index < -0.39 is 0 Å². The van der Waals surface area contributed by atoms with E-state index in [0.29, 0.717) is 5.75 Å². The van der Waals surface area contributed by atoms with E-state index in [-0.39, 0.29) is 0 Å². The highest BCUT2D eigenvalue weighted by Gasteiger charge is 2.01. The van der Waals surface area contributed by atoms with Gasteiger partial charge < -0.3 is 5.11 Å². The van der Waals surface area contributed by atoms with Crippen molar-refractivity contribution in [2.75, 3.05) is 0 Å². The van der Waals surface area contributed by atoms with Crippen LogP contribution in [-0.2, 0) is 6.42 Å². The van der Waals surface area contributed by atoms with E-state index in [1.165, 1.54) is 0 Å². The minimum atomic E-state index is 0.373. The van der Waals surface area contributed by atoms with E-state index in [1.54, 1.807) is 0 Å². The number of aryl methyl sites for hydroxylation is 2. The van der Waals surface area contributed by atoms with Gasteiger partial charge in [-0.1, -0.05) is 19.6 Å². The summed E-state index contributed by atoms with van der Waals surface area (Å²) in [6, 6.07) is 3.77. The molecular weight excluding hydrogens is 148 g/mol. The summed E-state index contributed by atoms with van der Waals surface area (Å²) in [4.78, 5) is 0. The van der Waals surface area contributed by atoms with E-state index in [2.05, 4.69) is 13.5 Å². The van der Waals surface area contributed by atoms with E-state index in [1.807, 2.05) is 25.1 Å². The second-order valence-electron chi connectivity index (χ2n) is 2.90. The minimum absolute atomic E-state index is 0.373. The van der Waals surface area contributed by atoms with Crippen LogP contribution in [0.1, 0.15) is 23.6 Å². The van der Waals surface area contributed by atoms with Crippen LogP contribution >= 0.6 is 0 Å². The topological polar surface area (TPSA) is 20.2 Å².